The van der Waals surface area contributed by atoms with Crippen LogP contribution in [0, 0.1) is 6.92 Å². The highest BCUT2D eigenvalue weighted by molar-refractivity contribution is 6.32. The lowest BCUT2D eigenvalue weighted by Gasteiger charge is -2.03. The average molecular weight is 223 g/mol. The summed E-state index contributed by atoms with van der Waals surface area (Å²) in [7, 11) is 0. The number of hydrogen-bond donors (Lipinski definition) is 1. The molecule has 0 fully saturated rings. The highest BCUT2D eigenvalue weighted by Crippen LogP contribution is 1.93. The van der Waals surface area contributed by atoms with Gasteiger partial charge in [-0.15, -0.1) is 0 Å². The standard InChI is InChI=1S/C10H13N3O3/c1-3-16-10(15)9(14)13-6-8-5-11-7(2)4-12-8/h4-5H,3,6H2,1-2H3,(H,13,14). The minimum atomic E-state index is -0.887. The summed E-state index contributed by atoms with van der Waals surface area (Å²) >= 11 is 0. The second-order valence-corrected chi connectivity index (χ2v) is 3.05. The fourth-order valence-electron chi connectivity index (χ4n) is 0.950. The van der Waals surface area contributed by atoms with Gasteiger partial charge >= 0.3 is 11.9 Å². The number of aryl methyl sites for hydroxylation is 1. The number of aromatic nitrogens is 2. The molecule has 0 bridgehead atoms. The smallest absolute Gasteiger partial charge is 0.396 e. The van der Waals surface area contributed by atoms with Crippen molar-refractivity contribution < 1.29 is 14.3 Å². The largest absolute Gasteiger partial charge is 0.459 e. The van der Waals surface area contributed by atoms with Gasteiger partial charge in [0.15, 0.2) is 0 Å². The number of nitrogens with one attached hydrogen (secondary N) is 1. The van der Waals surface area contributed by atoms with E-state index >= 15 is 0 Å². The zero-order valence-corrected chi connectivity index (χ0v) is 9.19. The first kappa shape index (κ1) is 12.1. The lowest BCUT2D eigenvalue weighted by molar-refractivity contribution is -0.154. The number of hydrogen-bond acceptors (Lipinski definition) is 5. The SMILES string of the molecule is CCOC(=O)C(=O)NCc1cnc(C)cn1. The minimum Gasteiger partial charge on any atom is -0.459 e. The molecule has 0 radical (unpaired) electrons. The topological polar surface area (TPSA) is 81.2 Å². The molecule has 0 spiro atoms. The van der Waals surface area contributed by atoms with Gasteiger partial charge in [-0.3, -0.25) is 14.8 Å². The molecule has 86 valence electrons. The Morgan fingerprint density at radius 1 is 1.38 bits per heavy atom. The monoisotopic (exact) mass is 223 g/mol. The maximum atomic E-state index is 11.1. The van der Waals surface area contributed by atoms with E-state index in [1.54, 1.807) is 19.3 Å². The molecule has 1 amide bonds. The average Bonchev–Trinajstić information content (AvgIpc) is 2.28. The Balaban J connectivity index is 2.42. The van der Waals surface area contributed by atoms with Crippen molar-refractivity contribution in [2.24, 2.45) is 0 Å². The molecular weight excluding hydrogens is 210 g/mol. The third-order valence-corrected chi connectivity index (χ3v) is 1.73. The van der Waals surface area contributed by atoms with Gasteiger partial charge in [0.1, 0.15) is 0 Å². The van der Waals surface area contributed by atoms with Crippen LogP contribution in [0.25, 0.3) is 0 Å². The number of rotatable bonds is 3. The van der Waals surface area contributed by atoms with Crippen LogP contribution in [0.1, 0.15) is 18.3 Å². The van der Waals surface area contributed by atoms with Gasteiger partial charge in [0.2, 0.25) is 0 Å². The summed E-state index contributed by atoms with van der Waals surface area (Å²) in [6.45, 7) is 3.78. The number of nitrogens with zero attached hydrogens (tertiary/aromatic N) is 2. The third-order valence-electron chi connectivity index (χ3n) is 1.73. The van der Waals surface area contributed by atoms with Gasteiger partial charge in [0.05, 0.1) is 30.7 Å². The van der Waals surface area contributed by atoms with Crippen molar-refractivity contribution in [3.8, 4) is 0 Å². The number of ether oxygens (including phenoxy) is 1. The highest BCUT2D eigenvalue weighted by Gasteiger charge is 2.13. The molecule has 16 heavy (non-hydrogen) atoms. The van der Waals surface area contributed by atoms with E-state index in [0.717, 1.165) is 5.69 Å². The molecule has 6 heteroatoms. The quantitative estimate of drug-likeness (QED) is 0.574. The van der Waals surface area contributed by atoms with Gasteiger partial charge in [-0.05, 0) is 13.8 Å². The van der Waals surface area contributed by atoms with Crippen LogP contribution in [0.3, 0.4) is 0 Å². The zero-order valence-electron chi connectivity index (χ0n) is 9.19. The van der Waals surface area contributed by atoms with Crippen LogP contribution in [-0.4, -0.2) is 28.5 Å². The Kier molecular flexibility index (Phi) is 4.38. The molecule has 1 N–H and O–H groups in total. The predicted octanol–water partition coefficient (Wildman–Crippen LogP) is -0.0357. The van der Waals surface area contributed by atoms with Crippen molar-refractivity contribution in [2.45, 2.75) is 20.4 Å². The minimum absolute atomic E-state index is 0.158. The van der Waals surface area contributed by atoms with Gasteiger partial charge in [0.25, 0.3) is 0 Å². The normalized spacial score (nSPS) is 9.62. The van der Waals surface area contributed by atoms with Gasteiger partial charge in [0, 0.05) is 6.20 Å². The van der Waals surface area contributed by atoms with Crippen LogP contribution in [0.2, 0.25) is 0 Å². The van der Waals surface area contributed by atoms with Crippen molar-refractivity contribution in [1.82, 2.24) is 15.3 Å². The Morgan fingerprint density at radius 2 is 2.12 bits per heavy atom. The molecule has 0 unspecified atom stereocenters. The van der Waals surface area contributed by atoms with Gasteiger partial charge in [-0.2, -0.15) is 0 Å². The summed E-state index contributed by atoms with van der Waals surface area (Å²) in [6.07, 6.45) is 3.13. The molecule has 1 aromatic rings. The molecule has 0 aliphatic carbocycles. The van der Waals surface area contributed by atoms with E-state index in [-0.39, 0.29) is 13.2 Å². The Morgan fingerprint density at radius 3 is 2.69 bits per heavy atom. The van der Waals surface area contributed by atoms with Crippen LogP contribution in [0.4, 0.5) is 0 Å². The van der Waals surface area contributed by atoms with Gasteiger partial charge < -0.3 is 10.1 Å². The molecule has 0 saturated carbocycles. The first-order valence-corrected chi connectivity index (χ1v) is 4.86. The Bertz CT molecular complexity index is 375. The second-order valence-electron chi connectivity index (χ2n) is 3.05. The Hall–Kier alpha value is -1.98. The van der Waals surface area contributed by atoms with Crippen molar-refractivity contribution in [1.29, 1.82) is 0 Å². The number of esters is 1. The van der Waals surface area contributed by atoms with E-state index in [1.165, 1.54) is 0 Å². The van der Waals surface area contributed by atoms with Crippen molar-refractivity contribution >= 4 is 11.9 Å². The number of carbonyl (C=O) groups is 2. The second kappa shape index (κ2) is 5.79. The maximum absolute atomic E-state index is 11.1. The zero-order chi connectivity index (χ0) is 12.0. The van der Waals surface area contributed by atoms with Crippen LogP contribution in [0.15, 0.2) is 12.4 Å². The summed E-state index contributed by atoms with van der Waals surface area (Å²) in [6, 6.07) is 0. The van der Waals surface area contributed by atoms with Gasteiger partial charge in [-0.1, -0.05) is 0 Å². The summed E-state index contributed by atoms with van der Waals surface area (Å²) in [5.41, 5.74) is 1.38. The van der Waals surface area contributed by atoms with E-state index < -0.39 is 11.9 Å². The molecule has 0 atom stereocenters. The molecule has 0 aliphatic heterocycles. The lowest BCUT2D eigenvalue weighted by atomic mass is 10.4. The van der Waals surface area contributed by atoms with E-state index in [1.807, 2.05) is 6.92 Å². The van der Waals surface area contributed by atoms with E-state index in [9.17, 15) is 9.59 Å². The highest BCUT2D eigenvalue weighted by atomic mass is 16.5. The third kappa shape index (κ3) is 3.64. The fraction of sp³-hybridized carbons (Fsp3) is 0.400. The van der Waals surface area contributed by atoms with Crippen molar-refractivity contribution in [3.05, 3.63) is 23.8 Å². The molecule has 0 saturated heterocycles. The summed E-state index contributed by atoms with van der Waals surface area (Å²) in [4.78, 5) is 30.1. The first-order valence-electron chi connectivity index (χ1n) is 4.86. The predicted molar refractivity (Wildman–Crippen MR) is 55.2 cm³/mol. The fourth-order valence-corrected chi connectivity index (χ4v) is 0.950. The molecule has 0 aliphatic rings. The van der Waals surface area contributed by atoms with E-state index in [0.29, 0.717) is 5.69 Å². The lowest BCUT2D eigenvalue weighted by Crippen LogP contribution is -2.32. The van der Waals surface area contributed by atoms with Crippen LogP contribution < -0.4 is 5.32 Å². The summed E-state index contributed by atoms with van der Waals surface area (Å²) in [5, 5.41) is 2.39. The maximum Gasteiger partial charge on any atom is 0.396 e. The van der Waals surface area contributed by atoms with Crippen LogP contribution in [0.5, 0.6) is 0 Å². The molecule has 1 heterocycles. The summed E-state index contributed by atoms with van der Waals surface area (Å²) < 4.78 is 4.52. The van der Waals surface area contributed by atoms with Gasteiger partial charge in [-0.25, -0.2) is 4.79 Å². The van der Waals surface area contributed by atoms with Crippen molar-refractivity contribution in [3.63, 3.8) is 0 Å². The Labute approximate surface area is 93.0 Å². The van der Waals surface area contributed by atoms with Crippen molar-refractivity contribution in [2.75, 3.05) is 6.61 Å². The molecule has 6 nitrogen and oxygen atoms in total. The van der Waals surface area contributed by atoms with Crippen LogP contribution >= 0.6 is 0 Å². The first-order chi connectivity index (χ1) is 7.63. The molecular formula is C10H13N3O3. The number of carbonyl (C=O) groups excluding carboxylic acids is 2. The molecule has 1 aromatic heterocycles. The number of amides is 1. The van der Waals surface area contributed by atoms with Crippen LogP contribution in [-0.2, 0) is 20.9 Å². The summed E-state index contributed by atoms with van der Waals surface area (Å²) in [5.74, 6) is -1.66. The van der Waals surface area contributed by atoms with E-state index in [2.05, 4.69) is 20.0 Å². The molecule has 1 rings (SSSR count). The molecule has 0 aromatic carbocycles. The van der Waals surface area contributed by atoms with E-state index in [4.69, 9.17) is 0 Å².